The topological polar surface area (TPSA) is 75.6 Å². The average Bonchev–Trinajstić information content (AvgIpc) is 2.90. The minimum Gasteiger partial charge on any atom is -0.491 e. The van der Waals surface area contributed by atoms with Crippen molar-refractivity contribution in [1.82, 2.24) is 0 Å². The van der Waals surface area contributed by atoms with Crippen LogP contribution in [0.2, 0.25) is 10.0 Å². The number of aliphatic carboxylic acids is 1. The van der Waals surface area contributed by atoms with Crippen molar-refractivity contribution in [3.63, 3.8) is 0 Å². The number of hydrogen-bond acceptors (Lipinski definition) is 4. The fraction of sp³-hybridized carbons (Fsp3) is 0.333. The average molecular weight is 596 g/mol. The summed E-state index contributed by atoms with van der Waals surface area (Å²) in [5.74, 6) is -0.520. The Morgan fingerprint density at radius 3 is 2.15 bits per heavy atom. The first kappa shape index (κ1) is 31.3. The number of carboxylic acid groups (broad SMARTS) is 1. The third kappa shape index (κ3) is 9.17. The summed E-state index contributed by atoms with van der Waals surface area (Å²) in [6.45, 7) is 2.42. The molecule has 0 saturated heterocycles. The summed E-state index contributed by atoms with van der Waals surface area (Å²) < 4.78 is 44.9. The van der Waals surface area contributed by atoms with Gasteiger partial charge in [-0.2, -0.15) is 13.2 Å². The van der Waals surface area contributed by atoms with Crippen molar-refractivity contribution in [2.45, 2.75) is 57.7 Å². The van der Waals surface area contributed by atoms with E-state index in [-0.39, 0.29) is 29.7 Å². The lowest BCUT2D eigenvalue weighted by Crippen LogP contribution is -2.27. The van der Waals surface area contributed by atoms with Gasteiger partial charge >= 0.3 is 12.1 Å². The second kappa shape index (κ2) is 14.4. The van der Waals surface area contributed by atoms with Crippen LogP contribution in [-0.2, 0) is 11.0 Å². The predicted octanol–water partition coefficient (Wildman–Crippen LogP) is 9.17. The van der Waals surface area contributed by atoms with Crippen LogP contribution in [0.5, 0.6) is 5.75 Å². The minimum absolute atomic E-state index is 0.0404. The third-order valence-corrected chi connectivity index (χ3v) is 6.88. The summed E-state index contributed by atoms with van der Waals surface area (Å²) in [6, 6.07) is 15.1. The van der Waals surface area contributed by atoms with E-state index in [9.17, 15) is 22.8 Å². The lowest BCUT2D eigenvalue weighted by molar-refractivity contribution is -0.138. The molecule has 40 heavy (non-hydrogen) atoms. The molecule has 0 aliphatic carbocycles. The van der Waals surface area contributed by atoms with E-state index < -0.39 is 17.7 Å². The van der Waals surface area contributed by atoms with Gasteiger partial charge in [0.2, 0.25) is 0 Å². The SMILES string of the molecule is CCCC[C@@H](COc1ccc(-c2ccc(C(F)(F)F)cc2Cl)c(Cl)c1)Nc1ccc(C(=O)CCCC(=O)O)cc1. The van der Waals surface area contributed by atoms with E-state index in [1.165, 1.54) is 6.07 Å². The molecule has 10 heteroatoms. The van der Waals surface area contributed by atoms with Crippen LogP contribution in [0.3, 0.4) is 0 Å². The zero-order chi connectivity index (χ0) is 29.3. The van der Waals surface area contributed by atoms with Gasteiger partial charge in [-0.25, -0.2) is 0 Å². The number of halogens is 5. The number of benzene rings is 3. The van der Waals surface area contributed by atoms with Gasteiger partial charge in [0.15, 0.2) is 5.78 Å². The molecule has 214 valence electrons. The smallest absolute Gasteiger partial charge is 0.416 e. The van der Waals surface area contributed by atoms with Crippen molar-refractivity contribution in [3.8, 4) is 16.9 Å². The molecule has 0 unspecified atom stereocenters. The molecule has 2 N–H and O–H groups in total. The van der Waals surface area contributed by atoms with E-state index in [0.29, 0.717) is 40.5 Å². The second-order valence-electron chi connectivity index (χ2n) is 9.38. The van der Waals surface area contributed by atoms with Gasteiger partial charge in [-0.1, -0.05) is 49.0 Å². The molecule has 1 atom stereocenters. The Labute approximate surface area is 241 Å². The molecule has 0 aliphatic rings. The summed E-state index contributed by atoms with van der Waals surface area (Å²) in [7, 11) is 0. The van der Waals surface area contributed by atoms with Gasteiger partial charge in [0.05, 0.1) is 16.6 Å². The number of ketones is 1. The van der Waals surface area contributed by atoms with E-state index in [1.807, 2.05) is 12.1 Å². The van der Waals surface area contributed by atoms with Gasteiger partial charge in [-0.3, -0.25) is 9.59 Å². The Morgan fingerprint density at radius 2 is 1.57 bits per heavy atom. The number of unbranched alkanes of at least 4 members (excludes halogenated alkanes) is 1. The normalized spacial score (nSPS) is 12.2. The number of carbonyl (C=O) groups is 2. The van der Waals surface area contributed by atoms with Crippen LogP contribution in [-0.4, -0.2) is 29.5 Å². The van der Waals surface area contributed by atoms with Crippen LogP contribution < -0.4 is 10.1 Å². The van der Waals surface area contributed by atoms with Gasteiger partial charge in [0.25, 0.3) is 0 Å². The van der Waals surface area contributed by atoms with Crippen LogP contribution >= 0.6 is 23.2 Å². The first-order chi connectivity index (χ1) is 19.0. The lowest BCUT2D eigenvalue weighted by Gasteiger charge is -2.21. The molecule has 0 amide bonds. The van der Waals surface area contributed by atoms with Crippen molar-refractivity contribution < 1.29 is 32.6 Å². The minimum atomic E-state index is -4.49. The Bertz CT molecular complexity index is 1310. The second-order valence-corrected chi connectivity index (χ2v) is 10.2. The zero-order valence-electron chi connectivity index (χ0n) is 21.9. The summed E-state index contributed by atoms with van der Waals surface area (Å²) in [5.41, 5.74) is 1.39. The van der Waals surface area contributed by atoms with Crippen LogP contribution in [0.15, 0.2) is 60.7 Å². The van der Waals surface area contributed by atoms with Crippen molar-refractivity contribution in [3.05, 3.63) is 81.8 Å². The molecular weight excluding hydrogens is 566 g/mol. The van der Waals surface area contributed by atoms with Gasteiger partial charge in [0, 0.05) is 40.2 Å². The van der Waals surface area contributed by atoms with Crippen LogP contribution in [0.4, 0.5) is 18.9 Å². The highest BCUT2D eigenvalue weighted by atomic mass is 35.5. The molecule has 0 saturated carbocycles. The zero-order valence-corrected chi connectivity index (χ0v) is 23.4. The quantitative estimate of drug-likeness (QED) is 0.182. The fourth-order valence-electron chi connectivity index (χ4n) is 4.09. The summed E-state index contributed by atoms with van der Waals surface area (Å²) in [4.78, 5) is 22.9. The molecule has 5 nitrogen and oxygen atoms in total. The monoisotopic (exact) mass is 595 g/mol. The Morgan fingerprint density at radius 1 is 0.925 bits per heavy atom. The number of hydrogen-bond donors (Lipinski definition) is 2. The maximum absolute atomic E-state index is 13.0. The molecule has 0 radical (unpaired) electrons. The number of rotatable bonds is 14. The summed E-state index contributed by atoms with van der Waals surface area (Å²) in [5, 5.41) is 12.4. The molecule has 0 heterocycles. The Hall–Kier alpha value is -3.23. The van der Waals surface area contributed by atoms with Crippen molar-refractivity contribution in [1.29, 1.82) is 0 Å². The number of alkyl halides is 3. The summed E-state index contributed by atoms with van der Waals surface area (Å²) >= 11 is 12.6. The number of Topliss-reactive ketones (excluding diaryl/α,β-unsaturated/α-hetero) is 1. The largest absolute Gasteiger partial charge is 0.491 e. The molecule has 0 aliphatic heterocycles. The molecule has 0 fully saturated rings. The van der Waals surface area contributed by atoms with E-state index in [2.05, 4.69) is 12.2 Å². The first-order valence-electron chi connectivity index (χ1n) is 12.9. The standard InChI is InChI=1S/C30H30Cl2F3NO4/c1-2-3-5-22(36-21-11-8-19(9-12-21)28(37)6-4-7-29(38)39)18-40-23-13-15-25(27(32)17-23)24-14-10-20(16-26(24)31)30(33,34)35/h8-17,22,36H,2-7,18H2,1H3,(H,38,39)/t22-/m0/s1. The molecular formula is C30H30Cl2F3NO4. The highest BCUT2D eigenvalue weighted by Crippen LogP contribution is 2.39. The number of carbonyl (C=O) groups excluding carboxylic acids is 1. The summed E-state index contributed by atoms with van der Waals surface area (Å²) in [6.07, 6.45) is -1.26. The molecule has 0 aromatic heterocycles. The van der Waals surface area contributed by atoms with E-state index in [4.69, 9.17) is 33.0 Å². The van der Waals surface area contributed by atoms with Crippen molar-refractivity contribution in [2.24, 2.45) is 0 Å². The highest BCUT2D eigenvalue weighted by molar-refractivity contribution is 6.36. The van der Waals surface area contributed by atoms with Gasteiger partial charge in [0.1, 0.15) is 12.4 Å². The highest BCUT2D eigenvalue weighted by Gasteiger charge is 2.31. The Balaban J connectivity index is 1.64. The number of anilines is 1. The van der Waals surface area contributed by atoms with E-state index in [1.54, 1.807) is 30.3 Å². The molecule has 3 aromatic rings. The molecule has 0 bridgehead atoms. The van der Waals surface area contributed by atoms with Gasteiger partial charge < -0.3 is 15.2 Å². The number of carboxylic acids is 1. The molecule has 0 spiro atoms. The maximum atomic E-state index is 13.0. The predicted molar refractivity (Wildman–Crippen MR) is 152 cm³/mol. The molecule has 3 rings (SSSR count). The van der Waals surface area contributed by atoms with Crippen LogP contribution in [0, 0.1) is 0 Å². The number of nitrogens with one attached hydrogen (secondary N) is 1. The lowest BCUT2D eigenvalue weighted by atomic mass is 10.0. The Kier molecular flexibility index (Phi) is 11.3. The van der Waals surface area contributed by atoms with Gasteiger partial charge in [-0.15, -0.1) is 0 Å². The molecule has 3 aromatic carbocycles. The maximum Gasteiger partial charge on any atom is 0.416 e. The first-order valence-corrected chi connectivity index (χ1v) is 13.6. The van der Waals surface area contributed by atoms with Gasteiger partial charge in [-0.05, 0) is 67.4 Å². The van der Waals surface area contributed by atoms with Crippen LogP contribution in [0.25, 0.3) is 11.1 Å². The van der Waals surface area contributed by atoms with Crippen molar-refractivity contribution in [2.75, 3.05) is 11.9 Å². The number of ether oxygens (including phenoxy) is 1. The van der Waals surface area contributed by atoms with Crippen molar-refractivity contribution >= 4 is 40.6 Å². The van der Waals surface area contributed by atoms with E-state index >= 15 is 0 Å². The van der Waals surface area contributed by atoms with Crippen LogP contribution in [0.1, 0.15) is 61.4 Å². The van der Waals surface area contributed by atoms with E-state index in [0.717, 1.165) is 37.1 Å². The third-order valence-electron chi connectivity index (χ3n) is 6.26. The fourth-order valence-corrected chi connectivity index (χ4v) is 4.65.